The van der Waals surface area contributed by atoms with Gasteiger partial charge in [0.05, 0.1) is 22.9 Å². The van der Waals surface area contributed by atoms with Crippen molar-refractivity contribution in [1.29, 1.82) is 0 Å². The number of carbonyl (C=O) groups excluding carboxylic acids is 3. The highest BCUT2D eigenvalue weighted by Gasteiger charge is 2.68. The number of fused-ring (bicyclic) bond motifs is 1. The first-order valence-corrected chi connectivity index (χ1v) is 11.2. The number of imide groups is 1. The van der Waals surface area contributed by atoms with Gasteiger partial charge in [0.2, 0.25) is 11.8 Å². The van der Waals surface area contributed by atoms with Crippen LogP contribution in [-0.4, -0.2) is 18.1 Å². The molecule has 0 aromatic heterocycles. The van der Waals surface area contributed by atoms with E-state index in [4.69, 9.17) is 0 Å². The lowest BCUT2D eigenvalue weighted by atomic mass is 9.48. The molecule has 1 saturated heterocycles. The van der Waals surface area contributed by atoms with Crippen LogP contribution in [0.15, 0.2) is 91.0 Å². The third-order valence-corrected chi connectivity index (χ3v) is 7.88. The summed E-state index contributed by atoms with van der Waals surface area (Å²) in [7, 11) is 0. The Labute approximate surface area is 190 Å². The van der Waals surface area contributed by atoms with Gasteiger partial charge in [-0.25, -0.2) is 4.90 Å². The van der Waals surface area contributed by atoms with Crippen molar-refractivity contribution in [1.82, 2.24) is 0 Å². The molecule has 8 rings (SSSR count). The quantitative estimate of drug-likeness (QED) is 0.346. The molecular weight excluding hydrogens is 410 g/mol. The molecule has 0 saturated carbocycles. The van der Waals surface area contributed by atoms with E-state index in [2.05, 4.69) is 0 Å². The van der Waals surface area contributed by atoms with Crippen LogP contribution in [0, 0.1) is 11.8 Å². The molecule has 0 radical (unpaired) electrons. The number of anilines is 1. The SMILES string of the molecule is O=CC12c3ccccc3C(c3ccccc31)[C@@H]1C(=O)N(c3cccc4ccccc34)C(=O)[C@H]12. The Balaban J connectivity index is 1.52. The highest BCUT2D eigenvalue weighted by molar-refractivity contribution is 6.27. The van der Waals surface area contributed by atoms with Gasteiger partial charge in [0, 0.05) is 11.3 Å². The minimum Gasteiger partial charge on any atom is -0.302 e. The van der Waals surface area contributed by atoms with Crippen molar-refractivity contribution in [3.63, 3.8) is 0 Å². The average Bonchev–Trinajstić information content (AvgIpc) is 3.14. The predicted molar refractivity (Wildman–Crippen MR) is 125 cm³/mol. The molecule has 1 aliphatic heterocycles. The average molecular weight is 429 g/mol. The van der Waals surface area contributed by atoms with Crippen molar-refractivity contribution in [3.8, 4) is 0 Å². The lowest BCUT2D eigenvalue weighted by Crippen LogP contribution is -2.54. The fourth-order valence-corrected chi connectivity index (χ4v) is 6.67. The zero-order valence-corrected chi connectivity index (χ0v) is 17.6. The number of hydrogen-bond donors (Lipinski definition) is 0. The molecule has 3 aliphatic carbocycles. The third-order valence-electron chi connectivity index (χ3n) is 7.88. The minimum absolute atomic E-state index is 0.221. The second-order valence-electron chi connectivity index (χ2n) is 9.15. The topological polar surface area (TPSA) is 54.5 Å². The standard InChI is InChI=1S/C29H19NO3/c31-16-29-21-13-5-3-11-19(21)24(20-12-4-6-14-22(20)29)25-26(29)28(33)30(27(25)32)23-15-7-9-17-8-1-2-10-18(17)23/h1-16,24-26H/t24?,25-,26-,29?/m0/s1. The molecule has 0 unspecified atom stereocenters. The highest BCUT2D eigenvalue weighted by atomic mass is 16.2. The molecule has 4 aromatic rings. The second-order valence-corrected chi connectivity index (χ2v) is 9.15. The molecule has 33 heavy (non-hydrogen) atoms. The minimum atomic E-state index is -1.17. The van der Waals surface area contributed by atoms with Crippen LogP contribution in [0.5, 0.6) is 0 Å². The largest absolute Gasteiger partial charge is 0.302 e. The van der Waals surface area contributed by atoms with Crippen molar-refractivity contribution in [2.75, 3.05) is 4.90 Å². The predicted octanol–water partition coefficient (Wildman–Crippen LogP) is 4.59. The summed E-state index contributed by atoms with van der Waals surface area (Å²) in [5.74, 6) is -2.12. The van der Waals surface area contributed by atoms with Crippen molar-refractivity contribution in [2.24, 2.45) is 11.8 Å². The molecule has 4 heteroatoms. The lowest BCUT2D eigenvalue weighted by molar-refractivity contribution is -0.128. The van der Waals surface area contributed by atoms with Gasteiger partial charge in [-0.1, -0.05) is 84.9 Å². The summed E-state index contributed by atoms with van der Waals surface area (Å²) in [5.41, 5.74) is 3.08. The van der Waals surface area contributed by atoms with E-state index in [9.17, 15) is 14.4 Å². The monoisotopic (exact) mass is 429 g/mol. The first-order valence-electron chi connectivity index (χ1n) is 11.2. The summed E-state index contributed by atoms with van der Waals surface area (Å²) in [6, 6.07) is 29.0. The molecule has 0 spiro atoms. The van der Waals surface area contributed by atoms with E-state index in [0.717, 1.165) is 39.3 Å². The first-order chi connectivity index (χ1) is 16.2. The van der Waals surface area contributed by atoms with Gasteiger partial charge in [-0.05, 0) is 33.7 Å². The van der Waals surface area contributed by atoms with Crippen LogP contribution in [0.2, 0.25) is 0 Å². The van der Waals surface area contributed by atoms with E-state index in [0.29, 0.717) is 5.69 Å². The first kappa shape index (κ1) is 18.5. The van der Waals surface area contributed by atoms with Gasteiger partial charge in [-0.2, -0.15) is 0 Å². The van der Waals surface area contributed by atoms with Crippen LogP contribution in [0.4, 0.5) is 5.69 Å². The van der Waals surface area contributed by atoms with Crippen LogP contribution in [0.1, 0.15) is 28.2 Å². The number of carbonyl (C=O) groups is 3. The van der Waals surface area contributed by atoms with Crippen LogP contribution in [0.3, 0.4) is 0 Å². The van der Waals surface area contributed by atoms with Crippen LogP contribution in [-0.2, 0) is 19.8 Å². The van der Waals surface area contributed by atoms with Gasteiger partial charge in [-0.3, -0.25) is 9.59 Å². The number of aldehydes is 1. The van der Waals surface area contributed by atoms with Crippen LogP contribution >= 0.6 is 0 Å². The van der Waals surface area contributed by atoms with Gasteiger partial charge < -0.3 is 4.79 Å². The summed E-state index contributed by atoms with van der Waals surface area (Å²) >= 11 is 0. The molecule has 4 aromatic carbocycles. The van der Waals surface area contributed by atoms with E-state index >= 15 is 0 Å². The molecule has 0 N–H and O–H groups in total. The summed E-state index contributed by atoms with van der Waals surface area (Å²) in [5, 5.41) is 1.81. The highest BCUT2D eigenvalue weighted by Crippen LogP contribution is 2.63. The number of benzene rings is 4. The van der Waals surface area contributed by atoms with E-state index in [-0.39, 0.29) is 17.7 Å². The molecule has 158 valence electrons. The Morgan fingerprint density at radius 2 is 1.30 bits per heavy atom. The van der Waals surface area contributed by atoms with Crippen LogP contribution in [0.25, 0.3) is 10.8 Å². The Morgan fingerprint density at radius 3 is 2.00 bits per heavy atom. The summed E-state index contributed by atoms with van der Waals surface area (Å²) in [6.07, 6.45) is 0.912. The fourth-order valence-electron chi connectivity index (χ4n) is 6.67. The number of rotatable bonds is 2. The smallest absolute Gasteiger partial charge is 0.239 e. The number of hydrogen-bond acceptors (Lipinski definition) is 3. The van der Waals surface area contributed by atoms with E-state index in [1.165, 1.54) is 4.90 Å². The van der Waals surface area contributed by atoms with Crippen molar-refractivity contribution < 1.29 is 14.4 Å². The Morgan fingerprint density at radius 1 is 0.697 bits per heavy atom. The molecule has 4 aliphatic rings. The maximum absolute atomic E-state index is 14.1. The molecule has 2 amide bonds. The Bertz CT molecular complexity index is 1470. The molecule has 2 bridgehead atoms. The van der Waals surface area contributed by atoms with Gasteiger partial charge in [-0.15, -0.1) is 0 Å². The van der Waals surface area contributed by atoms with E-state index in [1.807, 2.05) is 91.0 Å². The molecular formula is C29H19NO3. The maximum atomic E-state index is 14.1. The van der Waals surface area contributed by atoms with Gasteiger partial charge in [0.25, 0.3) is 0 Å². The van der Waals surface area contributed by atoms with Crippen LogP contribution < -0.4 is 4.90 Å². The van der Waals surface area contributed by atoms with E-state index in [1.54, 1.807) is 0 Å². The zero-order valence-electron chi connectivity index (χ0n) is 17.6. The number of amides is 2. The Kier molecular flexibility index (Phi) is 3.51. The summed E-state index contributed by atoms with van der Waals surface area (Å²) in [4.78, 5) is 42.5. The molecule has 2 atom stereocenters. The van der Waals surface area contributed by atoms with Crippen molar-refractivity contribution in [2.45, 2.75) is 11.3 Å². The van der Waals surface area contributed by atoms with Gasteiger partial charge in [0.1, 0.15) is 6.29 Å². The van der Waals surface area contributed by atoms with Gasteiger partial charge in [0.15, 0.2) is 0 Å². The third kappa shape index (κ3) is 2.04. The maximum Gasteiger partial charge on any atom is 0.239 e. The zero-order chi connectivity index (χ0) is 22.3. The molecule has 4 nitrogen and oxygen atoms in total. The molecule has 1 fully saturated rings. The lowest BCUT2D eigenvalue weighted by Gasteiger charge is -2.51. The Hall–Kier alpha value is -4.05. The molecule has 1 heterocycles. The summed E-state index contributed by atoms with van der Waals surface area (Å²) in [6.45, 7) is 0. The van der Waals surface area contributed by atoms with E-state index < -0.39 is 17.3 Å². The normalized spacial score (nSPS) is 26.8. The van der Waals surface area contributed by atoms with Crippen molar-refractivity contribution >= 4 is 34.6 Å². The van der Waals surface area contributed by atoms with Gasteiger partial charge >= 0.3 is 0 Å². The second kappa shape index (κ2) is 6.26. The van der Waals surface area contributed by atoms with Crippen molar-refractivity contribution in [3.05, 3.63) is 113 Å². The summed E-state index contributed by atoms with van der Waals surface area (Å²) < 4.78 is 0. The fraction of sp³-hybridized carbons (Fsp3) is 0.138. The number of nitrogens with zero attached hydrogens (tertiary/aromatic N) is 1.